The molecule has 1 aromatic carbocycles. The van der Waals surface area contributed by atoms with E-state index in [4.69, 9.17) is 21.6 Å². The molecule has 0 bridgehead atoms. The number of allylic oxidation sites excluding steroid dienone is 1. The van der Waals surface area contributed by atoms with Crippen molar-refractivity contribution in [3.63, 3.8) is 0 Å². The van der Waals surface area contributed by atoms with Crippen molar-refractivity contribution in [2.45, 2.75) is 20.0 Å². The minimum Gasteiger partial charge on any atom is -0.462 e. The van der Waals surface area contributed by atoms with Gasteiger partial charge in [0.2, 0.25) is 0 Å². The first kappa shape index (κ1) is 15.2. The summed E-state index contributed by atoms with van der Waals surface area (Å²) < 4.78 is 17.5. The molecule has 3 nitrogen and oxygen atoms in total. The van der Waals surface area contributed by atoms with E-state index in [-0.39, 0.29) is 23.6 Å². The topological polar surface area (TPSA) is 50.1 Å². The number of alkyl halides is 1. The van der Waals surface area contributed by atoms with Crippen LogP contribution in [0.25, 0.3) is 0 Å². The van der Waals surface area contributed by atoms with E-state index >= 15 is 0 Å². The molecule has 0 saturated carbocycles. The van der Waals surface area contributed by atoms with Crippen LogP contribution in [0.2, 0.25) is 0 Å². The van der Waals surface area contributed by atoms with E-state index < -0.39 is 12.6 Å². The number of hydrogen-bond donors (Lipinski definition) is 0. The Hall–Kier alpha value is -1.86. The van der Waals surface area contributed by atoms with E-state index in [2.05, 4.69) is 0 Å². The molecule has 0 fully saturated rings. The largest absolute Gasteiger partial charge is 0.462 e. The van der Waals surface area contributed by atoms with Gasteiger partial charge in [0.05, 0.1) is 6.61 Å². The summed E-state index contributed by atoms with van der Waals surface area (Å²) in [6.07, 6.45) is 0.128. The Labute approximate surface area is 116 Å². The van der Waals surface area contributed by atoms with Crippen molar-refractivity contribution < 1.29 is 13.9 Å². The minimum absolute atomic E-state index is 0.0573. The second kappa shape index (κ2) is 7.55. The summed E-state index contributed by atoms with van der Waals surface area (Å²) >= 11 is 5.97. The summed E-state index contributed by atoms with van der Waals surface area (Å²) in [6.45, 7) is 1.18. The summed E-state index contributed by atoms with van der Waals surface area (Å²) in [4.78, 5) is 11.5. The van der Waals surface area contributed by atoms with Crippen LogP contribution in [-0.4, -0.2) is 12.6 Å². The number of ether oxygens (including phenoxy) is 1. The van der Waals surface area contributed by atoms with E-state index in [9.17, 15) is 9.18 Å². The Morgan fingerprint density at radius 2 is 2.05 bits per heavy atom. The van der Waals surface area contributed by atoms with Gasteiger partial charge in [-0.3, -0.25) is 0 Å². The predicted molar refractivity (Wildman–Crippen MR) is 70.1 cm³/mol. The van der Waals surface area contributed by atoms with Gasteiger partial charge in [0.1, 0.15) is 12.7 Å². The number of benzene rings is 1. The van der Waals surface area contributed by atoms with Gasteiger partial charge in [0.15, 0.2) is 5.57 Å². The lowest BCUT2D eigenvalue weighted by Crippen LogP contribution is -2.08. The van der Waals surface area contributed by atoms with E-state index in [0.29, 0.717) is 11.1 Å². The Bertz CT molecular complexity index is 534. The molecule has 1 aromatic rings. The third kappa shape index (κ3) is 4.08. The second-order valence-electron chi connectivity index (χ2n) is 3.69. The zero-order valence-corrected chi connectivity index (χ0v) is 11.2. The lowest BCUT2D eigenvalue weighted by atomic mass is 10.0. The van der Waals surface area contributed by atoms with Crippen LogP contribution in [-0.2, 0) is 22.6 Å². The van der Waals surface area contributed by atoms with Crippen LogP contribution in [0, 0.1) is 11.3 Å². The van der Waals surface area contributed by atoms with Crippen LogP contribution >= 0.6 is 11.6 Å². The highest BCUT2D eigenvalue weighted by Gasteiger charge is 2.16. The fraction of sp³-hybridized carbons (Fsp3) is 0.286. The Morgan fingerprint density at radius 1 is 1.42 bits per heavy atom. The number of carbonyl (C=O) groups excluding carboxylic acids is 1. The van der Waals surface area contributed by atoms with E-state index in [1.807, 2.05) is 0 Å². The molecular formula is C14H13ClFNO2. The van der Waals surface area contributed by atoms with Gasteiger partial charge in [-0.2, -0.15) is 5.26 Å². The van der Waals surface area contributed by atoms with Gasteiger partial charge in [-0.1, -0.05) is 35.9 Å². The first-order chi connectivity index (χ1) is 9.13. The van der Waals surface area contributed by atoms with Gasteiger partial charge in [0, 0.05) is 11.5 Å². The molecular weight excluding hydrogens is 269 g/mol. The van der Waals surface area contributed by atoms with Gasteiger partial charge in [-0.05, 0) is 18.1 Å². The highest BCUT2D eigenvalue weighted by atomic mass is 35.5. The van der Waals surface area contributed by atoms with Crippen LogP contribution in [0.3, 0.4) is 0 Å². The Balaban J connectivity index is 3.02. The summed E-state index contributed by atoms with van der Waals surface area (Å²) in [5.74, 6) is -0.757. The monoisotopic (exact) mass is 281 g/mol. The molecule has 0 spiro atoms. The Kier molecular flexibility index (Phi) is 6.04. The summed E-state index contributed by atoms with van der Waals surface area (Å²) in [5.41, 5.74) is 0.894. The molecule has 0 N–H and O–H groups in total. The van der Waals surface area contributed by atoms with E-state index in [0.717, 1.165) is 0 Å². The van der Waals surface area contributed by atoms with Crippen LogP contribution < -0.4 is 0 Å². The third-order valence-corrected chi connectivity index (χ3v) is 2.79. The van der Waals surface area contributed by atoms with Crippen molar-refractivity contribution in [1.82, 2.24) is 0 Å². The smallest absolute Gasteiger partial charge is 0.350 e. The van der Waals surface area contributed by atoms with Crippen LogP contribution in [0.5, 0.6) is 0 Å². The quantitative estimate of drug-likeness (QED) is 0.473. The van der Waals surface area contributed by atoms with Gasteiger partial charge in [-0.25, -0.2) is 9.18 Å². The second-order valence-corrected chi connectivity index (χ2v) is 4.15. The normalized spacial score (nSPS) is 11.5. The molecule has 5 heteroatoms. The van der Waals surface area contributed by atoms with Crippen LogP contribution in [0.15, 0.2) is 34.9 Å². The third-order valence-electron chi connectivity index (χ3n) is 2.47. The lowest BCUT2D eigenvalue weighted by Gasteiger charge is -2.07. The molecule has 1 rings (SSSR count). The number of halogens is 2. The average Bonchev–Trinajstić information content (AvgIpc) is 2.40. The summed E-state index contributed by atoms with van der Waals surface area (Å²) in [6, 6.07) is 8.52. The van der Waals surface area contributed by atoms with Crippen LogP contribution in [0.4, 0.5) is 4.39 Å². The molecule has 100 valence electrons. The molecule has 0 saturated heterocycles. The highest BCUT2D eigenvalue weighted by Crippen LogP contribution is 2.20. The molecule has 0 radical (unpaired) electrons. The van der Waals surface area contributed by atoms with E-state index in [1.54, 1.807) is 37.3 Å². The predicted octanol–water partition coefficient (Wildman–Crippen LogP) is 3.28. The number of nitriles is 1. The lowest BCUT2D eigenvalue weighted by molar-refractivity contribution is -0.138. The maximum absolute atomic E-state index is 12.8. The fourth-order valence-electron chi connectivity index (χ4n) is 1.54. The van der Waals surface area contributed by atoms with Crippen molar-refractivity contribution in [3.8, 4) is 6.07 Å². The Morgan fingerprint density at radius 3 is 2.58 bits per heavy atom. The van der Waals surface area contributed by atoms with Gasteiger partial charge < -0.3 is 4.74 Å². The average molecular weight is 282 g/mol. The zero-order chi connectivity index (χ0) is 14.3. The SMILES string of the molecule is CCOC(=O)/C(C#N)=C(\Cl)Cc1ccccc1CF. The first-order valence-electron chi connectivity index (χ1n) is 5.72. The molecule has 0 heterocycles. The van der Waals surface area contributed by atoms with Gasteiger partial charge in [-0.15, -0.1) is 0 Å². The zero-order valence-electron chi connectivity index (χ0n) is 10.5. The van der Waals surface area contributed by atoms with Crippen LogP contribution in [0.1, 0.15) is 18.1 Å². The van der Waals surface area contributed by atoms with Gasteiger partial charge >= 0.3 is 5.97 Å². The van der Waals surface area contributed by atoms with Crippen molar-refractivity contribution in [2.24, 2.45) is 0 Å². The fourth-order valence-corrected chi connectivity index (χ4v) is 1.80. The molecule has 0 aliphatic heterocycles. The number of carbonyl (C=O) groups is 1. The molecule has 0 unspecified atom stereocenters. The first-order valence-corrected chi connectivity index (χ1v) is 6.10. The number of nitrogens with zero attached hydrogens (tertiary/aromatic N) is 1. The molecule has 19 heavy (non-hydrogen) atoms. The maximum atomic E-state index is 12.8. The maximum Gasteiger partial charge on any atom is 0.350 e. The molecule has 0 aliphatic rings. The molecule has 0 amide bonds. The number of hydrogen-bond acceptors (Lipinski definition) is 3. The number of rotatable bonds is 5. The molecule has 0 aliphatic carbocycles. The summed E-state index contributed by atoms with van der Waals surface area (Å²) in [7, 11) is 0. The van der Waals surface area contributed by atoms with Crippen molar-refractivity contribution >= 4 is 17.6 Å². The van der Waals surface area contributed by atoms with Crippen molar-refractivity contribution in [1.29, 1.82) is 5.26 Å². The van der Waals surface area contributed by atoms with E-state index in [1.165, 1.54) is 0 Å². The minimum atomic E-state index is -0.757. The number of esters is 1. The molecule has 0 aromatic heterocycles. The van der Waals surface area contributed by atoms with Gasteiger partial charge in [0.25, 0.3) is 0 Å². The van der Waals surface area contributed by atoms with Crippen molar-refractivity contribution in [3.05, 3.63) is 46.0 Å². The van der Waals surface area contributed by atoms with Crippen molar-refractivity contribution in [2.75, 3.05) is 6.61 Å². The standard InChI is InChI=1S/C14H13ClFNO2/c1-2-19-14(18)12(9-17)13(15)7-10-5-3-4-6-11(10)8-16/h3-6H,2,7-8H2,1H3/b13-12-. The molecule has 0 atom stereocenters. The highest BCUT2D eigenvalue weighted by molar-refractivity contribution is 6.32. The summed E-state index contributed by atoms with van der Waals surface area (Å²) in [5, 5.41) is 8.99.